The van der Waals surface area contributed by atoms with Gasteiger partial charge in [-0.25, -0.2) is 0 Å². The number of carbonyl (C=O) groups is 1. The van der Waals surface area contributed by atoms with Gasteiger partial charge in [-0.3, -0.25) is 14.7 Å². The lowest BCUT2D eigenvalue weighted by molar-refractivity contribution is -0.149. The summed E-state index contributed by atoms with van der Waals surface area (Å²) < 4.78 is 0. The van der Waals surface area contributed by atoms with Crippen molar-refractivity contribution in [2.75, 3.05) is 13.1 Å². The van der Waals surface area contributed by atoms with E-state index in [0.717, 1.165) is 43.3 Å². The molecular weight excluding hydrogens is 276 g/mol. The van der Waals surface area contributed by atoms with E-state index in [-0.39, 0.29) is 0 Å². The molecule has 1 aromatic carbocycles. The van der Waals surface area contributed by atoms with Crippen LogP contribution in [0.4, 0.5) is 0 Å². The average Bonchev–Trinajstić information content (AvgIpc) is 3.05. The minimum Gasteiger partial charge on any atom is -0.481 e. The predicted octanol–water partition coefficient (Wildman–Crippen LogP) is 2.92. The molecule has 0 bridgehead atoms. The number of carboxylic acid groups (broad SMARTS) is 1. The van der Waals surface area contributed by atoms with Crippen LogP contribution in [0.5, 0.6) is 0 Å². The molecule has 1 aliphatic heterocycles. The summed E-state index contributed by atoms with van der Waals surface area (Å²) in [5.74, 6) is -0.290. The van der Waals surface area contributed by atoms with E-state index >= 15 is 0 Å². The first-order valence-corrected chi connectivity index (χ1v) is 7.97. The van der Waals surface area contributed by atoms with Gasteiger partial charge in [-0.1, -0.05) is 30.7 Å². The van der Waals surface area contributed by atoms with Crippen molar-refractivity contribution < 1.29 is 9.90 Å². The summed E-state index contributed by atoms with van der Waals surface area (Å²) in [6.07, 6.45) is 4.76. The highest BCUT2D eigenvalue weighted by molar-refractivity contribution is 5.81. The minimum absolute atomic E-state index is 0.313. The summed E-state index contributed by atoms with van der Waals surface area (Å²) in [7, 11) is 0. The molecule has 22 heavy (non-hydrogen) atoms. The van der Waals surface area contributed by atoms with Crippen molar-refractivity contribution in [1.82, 2.24) is 9.88 Å². The maximum Gasteiger partial charge on any atom is 0.311 e. The van der Waals surface area contributed by atoms with Gasteiger partial charge >= 0.3 is 5.97 Å². The summed E-state index contributed by atoms with van der Waals surface area (Å²) in [4.78, 5) is 18.6. The quantitative estimate of drug-likeness (QED) is 0.946. The molecular formula is C18H20N2O2. The van der Waals surface area contributed by atoms with Gasteiger partial charge in [-0.2, -0.15) is 0 Å². The lowest BCUT2D eigenvalue weighted by Gasteiger charge is -2.23. The zero-order chi connectivity index (χ0) is 15.2. The van der Waals surface area contributed by atoms with Crippen LogP contribution in [0.15, 0.2) is 36.5 Å². The van der Waals surface area contributed by atoms with Crippen LogP contribution < -0.4 is 0 Å². The molecule has 2 aliphatic rings. The Morgan fingerprint density at radius 1 is 1.36 bits per heavy atom. The monoisotopic (exact) mass is 296 g/mol. The lowest BCUT2D eigenvalue weighted by Crippen LogP contribution is -2.35. The Morgan fingerprint density at radius 3 is 3.05 bits per heavy atom. The van der Waals surface area contributed by atoms with Gasteiger partial charge in [0, 0.05) is 31.2 Å². The van der Waals surface area contributed by atoms with E-state index in [0.29, 0.717) is 12.5 Å². The number of hydrogen-bond donors (Lipinski definition) is 1. The van der Waals surface area contributed by atoms with Crippen LogP contribution in [0, 0.1) is 11.3 Å². The molecule has 1 saturated carbocycles. The predicted molar refractivity (Wildman–Crippen MR) is 84.4 cm³/mol. The third-order valence-electron chi connectivity index (χ3n) is 5.48. The van der Waals surface area contributed by atoms with Crippen LogP contribution in [0.1, 0.15) is 24.8 Å². The summed E-state index contributed by atoms with van der Waals surface area (Å²) >= 11 is 0. The number of nitrogens with zero attached hydrogens (tertiary/aromatic N) is 2. The van der Waals surface area contributed by atoms with Crippen molar-refractivity contribution >= 4 is 16.9 Å². The van der Waals surface area contributed by atoms with Gasteiger partial charge in [-0.05, 0) is 30.4 Å². The van der Waals surface area contributed by atoms with Crippen molar-refractivity contribution in [3.8, 4) is 0 Å². The smallest absolute Gasteiger partial charge is 0.311 e. The van der Waals surface area contributed by atoms with Crippen molar-refractivity contribution in [3.63, 3.8) is 0 Å². The fourth-order valence-electron chi connectivity index (χ4n) is 4.40. The van der Waals surface area contributed by atoms with Crippen molar-refractivity contribution in [2.45, 2.75) is 25.8 Å². The Balaban J connectivity index is 1.61. The van der Waals surface area contributed by atoms with Gasteiger partial charge in [0.05, 0.1) is 10.9 Å². The van der Waals surface area contributed by atoms with E-state index in [4.69, 9.17) is 0 Å². The van der Waals surface area contributed by atoms with Crippen molar-refractivity contribution in [1.29, 1.82) is 0 Å². The Kier molecular flexibility index (Phi) is 3.15. The van der Waals surface area contributed by atoms with Crippen molar-refractivity contribution in [3.05, 3.63) is 42.1 Å². The second-order valence-electron chi connectivity index (χ2n) is 6.71. The summed E-state index contributed by atoms with van der Waals surface area (Å²) in [6.45, 7) is 2.37. The second kappa shape index (κ2) is 5.06. The van der Waals surface area contributed by atoms with Crippen LogP contribution in [-0.2, 0) is 11.3 Å². The number of pyridine rings is 1. The Hall–Kier alpha value is -1.94. The van der Waals surface area contributed by atoms with Crippen molar-refractivity contribution in [2.24, 2.45) is 11.3 Å². The molecule has 1 N–H and O–H groups in total. The Morgan fingerprint density at radius 2 is 2.23 bits per heavy atom. The van der Waals surface area contributed by atoms with Crippen LogP contribution in [0.25, 0.3) is 10.9 Å². The number of carboxylic acids is 1. The number of rotatable bonds is 3. The van der Waals surface area contributed by atoms with E-state index < -0.39 is 11.4 Å². The third kappa shape index (κ3) is 2.02. The van der Waals surface area contributed by atoms with Crippen LogP contribution in [0.2, 0.25) is 0 Å². The van der Waals surface area contributed by atoms with Crippen LogP contribution in [0.3, 0.4) is 0 Å². The third-order valence-corrected chi connectivity index (χ3v) is 5.48. The molecule has 2 fully saturated rings. The molecule has 1 aliphatic carbocycles. The summed E-state index contributed by atoms with van der Waals surface area (Å²) in [5, 5.41) is 10.8. The van der Waals surface area contributed by atoms with E-state index in [1.54, 1.807) is 0 Å². The Bertz CT molecular complexity index is 725. The number of benzene rings is 1. The molecule has 0 radical (unpaired) electrons. The molecule has 0 amide bonds. The molecule has 0 spiro atoms. The molecule has 4 rings (SSSR count). The highest BCUT2D eigenvalue weighted by atomic mass is 16.4. The van der Waals surface area contributed by atoms with Gasteiger partial charge in [0.15, 0.2) is 0 Å². The fourth-order valence-corrected chi connectivity index (χ4v) is 4.40. The molecule has 0 unspecified atom stereocenters. The SMILES string of the molecule is O=C(O)[C@@]12CCC[C@H]1CN(Cc1cccc3cccnc13)C2. The molecule has 4 heteroatoms. The zero-order valence-corrected chi connectivity index (χ0v) is 12.5. The number of aliphatic carboxylic acids is 1. The fraction of sp³-hybridized carbons (Fsp3) is 0.444. The lowest BCUT2D eigenvalue weighted by atomic mass is 9.81. The highest BCUT2D eigenvalue weighted by Gasteiger charge is 2.54. The number of fused-ring (bicyclic) bond motifs is 2. The van der Waals surface area contributed by atoms with Gasteiger partial charge < -0.3 is 5.11 Å². The van der Waals surface area contributed by atoms with Gasteiger partial charge in [0.2, 0.25) is 0 Å². The summed E-state index contributed by atoms with van der Waals surface area (Å²) in [6, 6.07) is 10.3. The van der Waals surface area contributed by atoms with Gasteiger partial charge in [0.25, 0.3) is 0 Å². The van der Waals surface area contributed by atoms with Gasteiger partial charge in [0.1, 0.15) is 0 Å². The second-order valence-corrected chi connectivity index (χ2v) is 6.71. The van der Waals surface area contributed by atoms with Crippen LogP contribution in [-0.4, -0.2) is 34.0 Å². The molecule has 2 aromatic rings. The van der Waals surface area contributed by atoms with E-state index in [2.05, 4.69) is 34.1 Å². The molecule has 1 saturated heterocycles. The average molecular weight is 296 g/mol. The molecule has 2 atom stereocenters. The normalized spacial score (nSPS) is 28.1. The first-order chi connectivity index (χ1) is 10.7. The zero-order valence-electron chi connectivity index (χ0n) is 12.5. The molecule has 1 aromatic heterocycles. The maximum absolute atomic E-state index is 11.8. The first-order valence-electron chi connectivity index (χ1n) is 7.97. The van der Waals surface area contributed by atoms with Crippen LogP contribution >= 0.6 is 0 Å². The largest absolute Gasteiger partial charge is 0.481 e. The minimum atomic E-state index is -0.603. The van der Waals surface area contributed by atoms with E-state index in [1.807, 2.05) is 12.3 Å². The molecule has 2 heterocycles. The van der Waals surface area contributed by atoms with Gasteiger partial charge in [-0.15, -0.1) is 0 Å². The van der Waals surface area contributed by atoms with E-state index in [1.165, 1.54) is 5.56 Å². The molecule has 4 nitrogen and oxygen atoms in total. The standard InChI is InChI=1S/C18H20N2O2/c21-17(22)18-8-2-7-15(18)11-20(12-18)10-14-5-1-4-13-6-3-9-19-16(13)14/h1,3-6,9,15H,2,7-8,10-12H2,(H,21,22)/t15-,18+/m0/s1. The number of aromatic nitrogens is 1. The Labute approximate surface area is 129 Å². The summed E-state index contributed by atoms with van der Waals surface area (Å²) in [5.41, 5.74) is 1.72. The number of para-hydroxylation sites is 1. The topological polar surface area (TPSA) is 53.4 Å². The van der Waals surface area contributed by atoms with E-state index in [9.17, 15) is 9.90 Å². The number of hydrogen-bond acceptors (Lipinski definition) is 3. The first kappa shape index (κ1) is 13.7. The maximum atomic E-state index is 11.8. The number of likely N-dealkylation sites (tertiary alicyclic amines) is 1. The molecule has 114 valence electrons. The highest BCUT2D eigenvalue weighted by Crippen LogP contribution is 2.49.